The van der Waals surface area contributed by atoms with Crippen LogP contribution in [0.4, 0.5) is 4.79 Å². The molecule has 0 radical (unpaired) electrons. The molecule has 4 heteroatoms. The van der Waals surface area contributed by atoms with Crippen molar-refractivity contribution in [3.8, 4) is 0 Å². The third kappa shape index (κ3) is 5.43. The van der Waals surface area contributed by atoms with Gasteiger partial charge in [-0.1, -0.05) is 0 Å². The number of hydrogen-bond donors (Lipinski definition) is 0. The van der Waals surface area contributed by atoms with E-state index in [2.05, 4.69) is 4.74 Å². The zero-order valence-electron chi connectivity index (χ0n) is 5.88. The van der Waals surface area contributed by atoms with Gasteiger partial charge in [0, 0.05) is 14.1 Å². The van der Waals surface area contributed by atoms with Crippen LogP contribution in [0.15, 0.2) is 0 Å². The summed E-state index contributed by atoms with van der Waals surface area (Å²) >= 11 is 0. The molecule has 0 saturated carbocycles. The van der Waals surface area contributed by atoms with Gasteiger partial charge in [-0.3, -0.25) is 0 Å². The molecule has 3 nitrogen and oxygen atoms in total. The number of carbonyl (C=O) groups excluding carboxylic acids is 1. The molecular weight excluding hydrogens is 142 g/mol. The predicted octanol–water partition coefficient (Wildman–Crippen LogP) is 1.13. The van der Waals surface area contributed by atoms with Gasteiger partial charge in [0.25, 0.3) is 0 Å². The first-order valence-electron chi connectivity index (χ1n) is 2.52. The Balaban J connectivity index is 0. The lowest BCUT2D eigenvalue weighted by Crippen LogP contribution is -2.22. The van der Waals surface area contributed by atoms with Crippen molar-refractivity contribution < 1.29 is 9.53 Å². The van der Waals surface area contributed by atoms with Gasteiger partial charge < -0.3 is 9.64 Å². The fourth-order valence-corrected chi connectivity index (χ4v) is 0.253. The third-order valence-electron chi connectivity index (χ3n) is 0.633. The van der Waals surface area contributed by atoms with Gasteiger partial charge in [0.15, 0.2) is 0 Å². The molecule has 0 unspecified atom stereocenters. The molecule has 0 saturated heterocycles. The fraction of sp³-hybridized carbons (Fsp3) is 0.800. The van der Waals surface area contributed by atoms with Crippen molar-refractivity contribution in [1.29, 1.82) is 0 Å². The molecule has 0 heterocycles. The average Bonchev–Trinajstić information content (AvgIpc) is 1.67. The van der Waals surface area contributed by atoms with E-state index < -0.39 is 0 Å². The lowest BCUT2D eigenvalue weighted by atomic mass is 10.8. The minimum absolute atomic E-state index is 0. The zero-order chi connectivity index (χ0) is 6.57. The Bertz CT molecular complexity index is 85.0. The Morgan fingerprint density at radius 3 is 2.11 bits per heavy atom. The molecule has 0 aromatic carbocycles. The van der Waals surface area contributed by atoms with Crippen molar-refractivity contribution in [2.24, 2.45) is 0 Å². The average molecular weight is 154 g/mol. The molecule has 1 amide bonds. The lowest BCUT2D eigenvalue weighted by Gasteiger charge is -2.07. The summed E-state index contributed by atoms with van der Waals surface area (Å²) in [6, 6.07) is 0. The highest BCUT2D eigenvalue weighted by Gasteiger charge is 1.99. The molecule has 0 aromatic heterocycles. The van der Waals surface area contributed by atoms with E-state index in [1.165, 1.54) is 4.90 Å². The van der Waals surface area contributed by atoms with Crippen molar-refractivity contribution in [2.45, 2.75) is 6.92 Å². The van der Waals surface area contributed by atoms with Crippen LogP contribution in [0.1, 0.15) is 6.92 Å². The van der Waals surface area contributed by atoms with Crippen molar-refractivity contribution in [3.05, 3.63) is 0 Å². The first kappa shape index (κ1) is 11.4. The molecule has 0 aliphatic carbocycles. The van der Waals surface area contributed by atoms with E-state index in [9.17, 15) is 4.79 Å². The number of hydrogen-bond acceptors (Lipinski definition) is 2. The summed E-state index contributed by atoms with van der Waals surface area (Å²) in [7, 11) is 3.30. The molecule has 0 spiro atoms. The molecule has 0 fully saturated rings. The van der Waals surface area contributed by atoms with E-state index in [4.69, 9.17) is 0 Å². The van der Waals surface area contributed by atoms with E-state index in [-0.39, 0.29) is 18.5 Å². The molecule has 56 valence electrons. The van der Waals surface area contributed by atoms with Gasteiger partial charge in [-0.25, -0.2) is 4.79 Å². The predicted molar refractivity (Wildman–Crippen MR) is 38.0 cm³/mol. The van der Waals surface area contributed by atoms with Gasteiger partial charge in [0.2, 0.25) is 0 Å². The van der Waals surface area contributed by atoms with Crippen LogP contribution in [0.2, 0.25) is 0 Å². The molecule has 9 heavy (non-hydrogen) atoms. The summed E-state index contributed by atoms with van der Waals surface area (Å²) in [6.45, 7) is 2.22. The summed E-state index contributed by atoms with van der Waals surface area (Å²) in [6.07, 6.45) is -0.285. The van der Waals surface area contributed by atoms with E-state index >= 15 is 0 Å². The Morgan fingerprint density at radius 1 is 1.56 bits per heavy atom. The maximum Gasteiger partial charge on any atom is 0.409 e. The number of nitrogens with zero attached hydrogens (tertiary/aromatic N) is 1. The summed E-state index contributed by atoms with van der Waals surface area (Å²) < 4.78 is 4.59. The molecule has 0 rings (SSSR count). The lowest BCUT2D eigenvalue weighted by molar-refractivity contribution is 0.124. The fourth-order valence-electron chi connectivity index (χ4n) is 0.253. The second-order valence-corrected chi connectivity index (χ2v) is 1.59. The molecule has 0 aromatic rings. The number of carbonyl (C=O) groups is 1. The molecule has 0 N–H and O–H groups in total. The van der Waals surface area contributed by atoms with Gasteiger partial charge in [-0.05, 0) is 6.92 Å². The molecule has 0 aliphatic rings. The SMILES string of the molecule is CCOC(=O)N(C)C.Cl. The van der Waals surface area contributed by atoms with Gasteiger partial charge >= 0.3 is 6.09 Å². The maximum atomic E-state index is 10.4. The Labute approximate surface area is 61.4 Å². The topological polar surface area (TPSA) is 29.5 Å². The van der Waals surface area contributed by atoms with Crippen molar-refractivity contribution in [1.82, 2.24) is 4.90 Å². The highest BCUT2D eigenvalue weighted by molar-refractivity contribution is 5.85. The minimum atomic E-state index is -0.285. The minimum Gasteiger partial charge on any atom is -0.450 e. The van der Waals surface area contributed by atoms with Gasteiger partial charge in [0.1, 0.15) is 0 Å². The van der Waals surface area contributed by atoms with Crippen LogP contribution in [-0.4, -0.2) is 31.7 Å². The molecule has 0 bridgehead atoms. The van der Waals surface area contributed by atoms with E-state index in [0.29, 0.717) is 6.61 Å². The second-order valence-electron chi connectivity index (χ2n) is 1.59. The van der Waals surface area contributed by atoms with Gasteiger partial charge in [-0.2, -0.15) is 0 Å². The highest BCUT2D eigenvalue weighted by atomic mass is 35.5. The first-order valence-corrected chi connectivity index (χ1v) is 2.52. The van der Waals surface area contributed by atoms with E-state index in [1.807, 2.05) is 0 Å². The Kier molecular flexibility index (Phi) is 7.19. The highest BCUT2D eigenvalue weighted by Crippen LogP contribution is 1.82. The van der Waals surface area contributed by atoms with Crippen LogP contribution in [0.5, 0.6) is 0 Å². The smallest absolute Gasteiger partial charge is 0.409 e. The Hall–Kier alpha value is -0.440. The number of halogens is 1. The largest absolute Gasteiger partial charge is 0.450 e. The number of rotatable bonds is 1. The Morgan fingerprint density at radius 2 is 2.00 bits per heavy atom. The summed E-state index contributed by atoms with van der Waals surface area (Å²) in [5, 5.41) is 0. The number of amides is 1. The van der Waals surface area contributed by atoms with Crippen LogP contribution in [0.3, 0.4) is 0 Å². The van der Waals surface area contributed by atoms with E-state index in [0.717, 1.165) is 0 Å². The summed E-state index contributed by atoms with van der Waals surface area (Å²) in [5.74, 6) is 0. The van der Waals surface area contributed by atoms with Crippen LogP contribution < -0.4 is 0 Å². The standard InChI is InChI=1S/C5H11NO2.ClH/c1-4-8-5(7)6(2)3;/h4H2,1-3H3;1H. The van der Waals surface area contributed by atoms with Crippen LogP contribution >= 0.6 is 12.4 Å². The van der Waals surface area contributed by atoms with E-state index in [1.54, 1.807) is 21.0 Å². The summed E-state index contributed by atoms with van der Waals surface area (Å²) in [5.41, 5.74) is 0. The summed E-state index contributed by atoms with van der Waals surface area (Å²) in [4.78, 5) is 11.8. The zero-order valence-corrected chi connectivity index (χ0v) is 6.70. The third-order valence-corrected chi connectivity index (χ3v) is 0.633. The van der Waals surface area contributed by atoms with Crippen LogP contribution in [-0.2, 0) is 4.74 Å². The number of ether oxygens (including phenoxy) is 1. The first-order chi connectivity index (χ1) is 3.68. The van der Waals surface area contributed by atoms with Crippen molar-refractivity contribution in [2.75, 3.05) is 20.7 Å². The molecular formula is C5H12ClNO2. The quantitative estimate of drug-likeness (QED) is 0.565. The van der Waals surface area contributed by atoms with Crippen molar-refractivity contribution in [3.63, 3.8) is 0 Å². The van der Waals surface area contributed by atoms with Gasteiger partial charge in [-0.15, -0.1) is 12.4 Å². The van der Waals surface area contributed by atoms with Crippen molar-refractivity contribution >= 4 is 18.5 Å². The monoisotopic (exact) mass is 153 g/mol. The second kappa shape index (κ2) is 5.69. The normalized spacial score (nSPS) is 7.44. The van der Waals surface area contributed by atoms with Crippen LogP contribution in [0.25, 0.3) is 0 Å². The van der Waals surface area contributed by atoms with Gasteiger partial charge in [0.05, 0.1) is 6.61 Å². The molecule has 0 atom stereocenters. The van der Waals surface area contributed by atoms with Crippen LogP contribution in [0, 0.1) is 0 Å². The maximum absolute atomic E-state index is 10.4. The molecule has 0 aliphatic heterocycles.